The Hall–Kier alpha value is -1.13. The van der Waals surface area contributed by atoms with Crippen molar-refractivity contribution in [2.75, 3.05) is 0 Å². The van der Waals surface area contributed by atoms with Crippen molar-refractivity contribution in [3.05, 3.63) is 34.7 Å². The average Bonchev–Trinajstić information content (AvgIpc) is 2.48. The van der Waals surface area contributed by atoms with Crippen molar-refractivity contribution >= 4 is 34.5 Å². The topological polar surface area (TPSA) is 43.3 Å². The fraction of sp³-hybridized carbons (Fsp3) is 0.200. The number of hydrogen-bond donors (Lipinski definition) is 1. The summed E-state index contributed by atoms with van der Waals surface area (Å²) >= 11 is 10.9. The van der Waals surface area contributed by atoms with Crippen molar-refractivity contribution in [2.24, 2.45) is 5.73 Å². The van der Waals surface area contributed by atoms with Crippen LogP contribution in [0.4, 0.5) is 0 Å². The molecule has 2 N–H and O–H groups in total. The minimum Gasteiger partial charge on any atom is -0.393 e. The van der Waals surface area contributed by atoms with Gasteiger partial charge in [0.15, 0.2) is 0 Å². The fourth-order valence-electron chi connectivity index (χ4n) is 1.57. The molecular weight excluding hydrogens is 230 g/mol. The van der Waals surface area contributed by atoms with Crippen LogP contribution in [0.1, 0.15) is 11.3 Å². The molecule has 0 bridgehead atoms. The number of hydrogen-bond acceptors (Lipinski definition) is 2. The minimum absolute atomic E-state index is 0.453. The molecule has 0 radical (unpaired) electrons. The number of rotatable bonds is 2. The molecule has 0 saturated heterocycles. The Balaban J connectivity index is 2.63. The molecule has 0 aromatic carbocycles. The fourth-order valence-corrected chi connectivity index (χ4v) is 1.98. The summed E-state index contributed by atoms with van der Waals surface area (Å²) in [6.07, 6.45) is 4.14. The first-order chi connectivity index (χ1) is 7.08. The van der Waals surface area contributed by atoms with Gasteiger partial charge in [-0.2, -0.15) is 0 Å². The van der Waals surface area contributed by atoms with E-state index in [2.05, 4.69) is 4.98 Å². The van der Waals surface area contributed by atoms with E-state index in [-0.39, 0.29) is 0 Å². The summed E-state index contributed by atoms with van der Waals surface area (Å²) in [5.41, 5.74) is 8.40. The number of aromatic nitrogens is 2. The van der Waals surface area contributed by atoms with E-state index in [0.717, 1.165) is 16.9 Å². The van der Waals surface area contributed by atoms with Crippen molar-refractivity contribution in [1.82, 2.24) is 9.38 Å². The lowest BCUT2D eigenvalue weighted by Crippen LogP contribution is -2.12. The third-order valence-electron chi connectivity index (χ3n) is 2.19. The molecule has 2 aromatic rings. The minimum atomic E-state index is 0.453. The van der Waals surface area contributed by atoms with Gasteiger partial charge in [-0.1, -0.05) is 23.8 Å². The van der Waals surface area contributed by atoms with Crippen LogP contribution in [0.25, 0.3) is 5.65 Å². The smallest absolute Gasteiger partial charge is 0.139 e. The van der Waals surface area contributed by atoms with E-state index in [0.29, 0.717) is 16.4 Å². The van der Waals surface area contributed by atoms with Gasteiger partial charge in [0.25, 0.3) is 0 Å². The lowest BCUT2D eigenvalue weighted by Gasteiger charge is -2.03. The van der Waals surface area contributed by atoms with E-state index in [9.17, 15) is 0 Å². The highest BCUT2D eigenvalue weighted by atomic mass is 35.5. The van der Waals surface area contributed by atoms with Crippen LogP contribution >= 0.6 is 23.8 Å². The van der Waals surface area contributed by atoms with Gasteiger partial charge in [-0.05, 0) is 18.6 Å². The summed E-state index contributed by atoms with van der Waals surface area (Å²) < 4.78 is 1.93. The van der Waals surface area contributed by atoms with E-state index < -0.39 is 0 Å². The Morgan fingerprint density at radius 2 is 2.40 bits per heavy atom. The Morgan fingerprint density at radius 1 is 1.67 bits per heavy atom. The van der Waals surface area contributed by atoms with Crippen LogP contribution in [0.3, 0.4) is 0 Å². The highest BCUT2D eigenvalue weighted by Gasteiger charge is 2.07. The van der Waals surface area contributed by atoms with Gasteiger partial charge < -0.3 is 10.1 Å². The van der Waals surface area contributed by atoms with Gasteiger partial charge in [0, 0.05) is 24.5 Å². The highest BCUT2D eigenvalue weighted by Crippen LogP contribution is 2.17. The second-order valence-electron chi connectivity index (χ2n) is 3.43. The van der Waals surface area contributed by atoms with E-state index in [1.54, 1.807) is 6.20 Å². The number of pyridine rings is 1. The van der Waals surface area contributed by atoms with Gasteiger partial charge in [0.05, 0.1) is 10.0 Å². The van der Waals surface area contributed by atoms with Crippen molar-refractivity contribution < 1.29 is 0 Å². The maximum Gasteiger partial charge on any atom is 0.139 e. The molecule has 0 aliphatic rings. The van der Waals surface area contributed by atoms with Gasteiger partial charge in [-0.15, -0.1) is 0 Å². The molecule has 0 fully saturated rings. The number of halogens is 1. The predicted molar refractivity (Wildman–Crippen MR) is 65.4 cm³/mol. The zero-order valence-corrected chi connectivity index (χ0v) is 9.77. The van der Waals surface area contributed by atoms with Gasteiger partial charge in [0.1, 0.15) is 5.65 Å². The molecule has 0 aliphatic carbocycles. The second kappa shape index (κ2) is 3.79. The molecule has 2 aromatic heterocycles. The molecule has 5 heteroatoms. The van der Waals surface area contributed by atoms with Gasteiger partial charge in [-0.3, -0.25) is 0 Å². The maximum absolute atomic E-state index is 5.98. The lowest BCUT2D eigenvalue weighted by atomic mass is 10.3. The van der Waals surface area contributed by atoms with Crippen LogP contribution in [0, 0.1) is 6.92 Å². The zero-order valence-electron chi connectivity index (χ0n) is 8.20. The molecule has 0 saturated carbocycles. The third kappa shape index (κ3) is 1.96. The standard InChI is InChI=1S/C10H10ClN3S/c1-6-2-7(11)5-14-8(3-9(12)15)4-13-10(6)14/h2,4-5H,3H2,1H3,(H2,12,15). The SMILES string of the molecule is Cc1cc(Cl)cn2c(CC(N)=S)cnc12. The summed E-state index contributed by atoms with van der Waals surface area (Å²) in [5.74, 6) is 0. The average molecular weight is 240 g/mol. The monoisotopic (exact) mass is 239 g/mol. The molecule has 3 nitrogen and oxygen atoms in total. The number of fused-ring (bicyclic) bond motifs is 1. The van der Waals surface area contributed by atoms with E-state index in [4.69, 9.17) is 29.6 Å². The molecule has 2 heterocycles. The Kier molecular flexibility index (Phi) is 2.63. The molecule has 0 atom stereocenters. The molecule has 15 heavy (non-hydrogen) atoms. The molecule has 0 unspecified atom stereocenters. The number of nitrogens with zero attached hydrogens (tertiary/aromatic N) is 2. The third-order valence-corrected chi connectivity index (χ3v) is 2.54. The number of aryl methyl sites for hydroxylation is 1. The van der Waals surface area contributed by atoms with E-state index in [1.807, 2.05) is 23.6 Å². The first-order valence-electron chi connectivity index (χ1n) is 4.48. The quantitative estimate of drug-likeness (QED) is 0.817. The summed E-state index contributed by atoms with van der Waals surface area (Å²) in [7, 11) is 0. The molecule has 0 aliphatic heterocycles. The number of nitrogens with two attached hydrogens (primary N) is 1. The molecule has 0 spiro atoms. The molecule has 0 amide bonds. The zero-order chi connectivity index (χ0) is 11.0. The highest BCUT2D eigenvalue weighted by molar-refractivity contribution is 7.80. The maximum atomic E-state index is 5.98. The predicted octanol–water partition coefficient (Wildman–Crippen LogP) is 2.12. The van der Waals surface area contributed by atoms with Crippen molar-refractivity contribution in [1.29, 1.82) is 0 Å². The normalized spacial score (nSPS) is 10.8. The first-order valence-corrected chi connectivity index (χ1v) is 5.27. The van der Waals surface area contributed by atoms with Crippen molar-refractivity contribution in [3.8, 4) is 0 Å². The Morgan fingerprint density at radius 3 is 3.07 bits per heavy atom. The lowest BCUT2D eigenvalue weighted by molar-refractivity contribution is 1.06. The van der Waals surface area contributed by atoms with Crippen molar-refractivity contribution in [3.63, 3.8) is 0 Å². The molecule has 2 rings (SSSR count). The second-order valence-corrected chi connectivity index (χ2v) is 4.39. The van der Waals surface area contributed by atoms with Gasteiger partial charge in [0.2, 0.25) is 0 Å². The van der Waals surface area contributed by atoms with Gasteiger partial charge >= 0.3 is 0 Å². The van der Waals surface area contributed by atoms with Crippen LogP contribution in [0.5, 0.6) is 0 Å². The number of imidazole rings is 1. The van der Waals surface area contributed by atoms with Gasteiger partial charge in [-0.25, -0.2) is 4.98 Å². The Bertz CT molecular complexity index is 533. The van der Waals surface area contributed by atoms with E-state index >= 15 is 0 Å². The van der Waals surface area contributed by atoms with Crippen LogP contribution in [0.2, 0.25) is 5.02 Å². The summed E-state index contributed by atoms with van der Waals surface area (Å²) in [5, 5.41) is 0.683. The molecular formula is C10H10ClN3S. The van der Waals surface area contributed by atoms with Crippen LogP contribution in [-0.2, 0) is 6.42 Å². The molecule has 78 valence electrons. The summed E-state index contributed by atoms with van der Waals surface area (Å²) in [4.78, 5) is 4.75. The first kappa shape index (κ1) is 10.4. The Labute approximate surface area is 97.9 Å². The van der Waals surface area contributed by atoms with Crippen LogP contribution < -0.4 is 5.73 Å². The van der Waals surface area contributed by atoms with Crippen LogP contribution in [0.15, 0.2) is 18.5 Å². The number of thiocarbonyl (C=S) groups is 1. The summed E-state index contributed by atoms with van der Waals surface area (Å²) in [6, 6.07) is 1.88. The van der Waals surface area contributed by atoms with E-state index in [1.165, 1.54) is 0 Å². The summed E-state index contributed by atoms with van der Waals surface area (Å²) in [6.45, 7) is 1.97. The van der Waals surface area contributed by atoms with Crippen molar-refractivity contribution in [2.45, 2.75) is 13.3 Å². The van der Waals surface area contributed by atoms with Crippen LogP contribution in [-0.4, -0.2) is 14.4 Å². The largest absolute Gasteiger partial charge is 0.393 e.